The molecule has 6 nitrogen and oxygen atoms in total. The van der Waals surface area contributed by atoms with Crippen molar-refractivity contribution in [1.29, 1.82) is 0 Å². The number of hydrogen-bond acceptors (Lipinski definition) is 5. The molecule has 0 bridgehead atoms. The molecule has 1 aromatic carbocycles. The minimum absolute atomic E-state index is 0.0117. The Labute approximate surface area is 193 Å². The van der Waals surface area contributed by atoms with Crippen LogP contribution in [-0.4, -0.2) is 40.0 Å². The number of nitrogens with zero attached hydrogens (tertiary/aromatic N) is 3. The van der Waals surface area contributed by atoms with Crippen molar-refractivity contribution in [3.05, 3.63) is 62.5 Å². The molecule has 32 heavy (non-hydrogen) atoms. The molecular weight excluding hydrogens is 420 g/mol. The van der Waals surface area contributed by atoms with Crippen molar-refractivity contribution in [1.82, 2.24) is 19.8 Å². The SMILES string of the molecule is CCN(CC)Cc1nc2sc3c(c2c(=O)n1CC(=O)NCCc1ccccc1)CCCC3. The van der Waals surface area contributed by atoms with Gasteiger partial charge in [-0.2, -0.15) is 0 Å². The van der Waals surface area contributed by atoms with Gasteiger partial charge in [-0.3, -0.25) is 19.1 Å². The molecule has 2 aromatic heterocycles. The van der Waals surface area contributed by atoms with Gasteiger partial charge in [0.15, 0.2) is 0 Å². The van der Waals surface area contributed by atoms with Crippen LogP contribution in [0.1, 0.15) is 48.5 Å². The Hall–Kier alpha value is -2.51. The molecule has 3 aromatic rings. The van der Waals surface area contributed by atoms with Crippen LogP contribution in [-0.2, 0) is 37.1 Å². The van der Waals surface area contributed by atoms with E-state index in [4.69, 9.17) is 4.98 Å². The number of nitrogens with one attached hydrogen (secondary N) is 1. The van der Waals surface area contributed by atoms with E-state index in [-0.39, 0.29) is 18.0 Å². The summed E-state index contributed by atoms with van der Waals surface area (Å²) in [6.07, 6.45) is 5.01. The summed E-state index contributed by atoms with van der Waals surface area (Å²) in [5.74, 6) is 0.539. The molecule has 0 saturated heterocycles. The van der Waals surface area contributed by atoms with Gasteiger partial charge in [-0.1, -0.05) is 44.2 Å². The van der Waals surface area contributed by atoms with Crippen LogP contribution in [0.4, 0.5) is 0 Å². The molecule has 1 N–H and O–H groups in total. The fourth-order valence-electron chi connectivity index (χ4n) is 4.40. The fourth-order valence-corrected chi connectivity index (χ4v) is 5.67. The summed E-state index contributed by atoms with van der Waals surface area (Å²) < 4.78 is 1.61. The summed E-state index contributed by atoms with van der Waals surface area (Å²) in [6.45, 7) is 7.07. The van der Waals surface area contributed by atoms with Crippen LogP contribution in [0.3, 0.4) is 0 Å². The first-order valence-electron chi connectivity index (χ1n) is 11.7. The predicted octanol–water partition coefficient (Wildman–Crippen LogP) is 3.54. The first kappa shape index (κ1) is 22.7. The number of rotatable bonds is 9. The van der Waals surface area contributed by atoms with Gasteiger partial charge >= 0.3 is 0 Å². The molecule has 1 amide bonds. The third kappa shape index (κ3) is 4.94. The minimum Gasteiger partial charge on any atom is -0.354 e. The normalized spacial score (nSPS) is 13.5. The van der Waals surface area contributed by atoms with Gasteiger partial charge in [-0.05, 0) is 56.3 Å². The van der Waals surface area contributed by atoms with Crippen molar-refractivity contribution < 1.29 is 4.79 Å². The van der Waals surface area contributed by atoms with E-state index in [1.807, 2.05) is 18.2 Å². The molecule has 4 rings (SSSR count). The maximum Gasteiger partial charge on any atom is 0.263 e. The van der Waals surface area contributed by atoms with Gasteiger partial charge in [0.1, 0.15) is 17.2 Å². The average molecular weight is 453 g/mol. The largest absolute Gasteiger partial charge is 0.354 e. The molecule has 2 heterocycles. The van der Waals surface area contributed by atoms with Crippen molar-refractivity contribution >= 4 is 27.5 Å². The number of carbonyl (C=O) groups is 1. The van der Waals surface area contributed by atoms with Crippen LogP contribution in [0.15, 0.2) is 35.1 Å². The lowest BCUT2D eigenvalue weighted by atomic mass is 9.97. The Balaban J connectivity index is 1.60. The second kappa shape index (κ2) is 10.4. The van der Waals surface area contributed by atoms with E-state index in [1.165, 1.54) is 22.4 Å². The highest BCUT2D eigenvalue weighted by molar-refractivity contribution is 7.18. The lowest BCUT2D eigenvalue weighted by Crippen LogP contribution is -2.37. The predicted molar refractivity (Wildman–Crippen MR) is 130 cm³/mol. The maximum absolute atomic E-state index is 13.6. The Morgan fingerprint density at radius 3 is 2.66 bits per heavy atom. The summed E-state index contributed by atoms with van der Waals surface area (Å²) in [6, 6.07) is 10.1. The zero-order valence-corrected chi connectivity index (χ0v) is 19.8. The van der Waals surface area contributed by atoms with Crippen LogP contribution < -0.4 is 10.9 Å². The van der Waals surface area contributed by atoms with E-state index in [0.717, 1.165) is 49.0 Å². The number of amides is 1. The Morgan fingerprint density at radius 1 is 1.16 bits per heavy atom. The van der Waals surface area contributed by atoms with Crippen molar-refractivity contribution in [2.75, 3.05) is 19.6 Å². The zero-order valence-electron chi connectivity index (χ0n) is 19.0. The van der Waals surface area contributed by atoms with Crippen LogP contribution in [0.25, 0.3) is 10.2 Å². The number of carbonyl (C=O) groups excluding carboxylic acids is 1. The van der Waals surface area contributed by atoms with E-state index in [0.29, 0.717) is 18.9 Å². The number of aromatic nitrogens is 2. The summed E-state index contributed by atoms with van der Waals surface area (Å²) in [7, 11) is 0. The third-order valence-electron chi connectivity index (χ3n) is 6.29. The molecule has 0 saturated carbocycles. The zero-order chi connectivity index (χ0) is 22.5. The topological polar surface area (TPSA) is 67.2 Å². The number of aryl methyl sites for hydroxylation is 2. The Bertz CT molecular complexity index is 1130. The molecule has 0 atom stereocenters. The number of fused-ring (bicyclic) bond motifs is 3. The standard InChI is InChI=1S/C25H32N4O2S/c1-3-28(4-2)16-21-27-24-23(19-12-8-9-13-20(19)32-24)25(31)29(21)17-22(30)26-15-14-18-10-6-5-7-11-18/h5-7,10-11H,3-4,8-9,12-17H2,1-2H3,(H,26,30). The molecule has 1 aliphatic rings. The van der Waals surface area contributed by atoms with Crippen molar-refractivity contribution in [2.45, 2.75) is 59.0 Å². The molecule has 170 valence electrons. The summed E-state index contributed by atoms with van der Waals surface area (Å²) in [5, 5.41) is 3.72. The van der Waals surface area contributed by atoms with Gasteiger partial charge in [0, 0.05) is 11.4 Å². The molecule has 7 heteroatoms. The van der Waals surface area contributed by atoms with Crippen molar-refractivity contribution in [3.63, 3.8) is 0 Å². The highest BCUT2D eigenvalue weighted by Gasteiger charge is 2.23. The van der Waals surface area contributed by atoms with Gasteiger partial charge in [-0.15, -0.1) is 11.3 Å². The number of thiophene rings is 1. The maximum atomic E-state index is 13.6. The van der Waals surface area contributed by atoms with E-state index in [9.17, 15) is 9.59 Å². The molecule has 0 radical (unpaired) electrons. The number of benzene rings is 1. The quantitative estimate of drug-likeness (QED) is 0.539. The van der Waals surface area contributed by atoms with Crippen molar-refractivity contribution in [2.24, 2.45) is 0 Å². The third-order valence-corrected chi connectivity index (χ3v) is 7.48. The van der Waals surface area contributed by atoms with Gasteiger partial charge in [0.05, 0.1) is 11.9 Å². The molecular formula is C25H32N4O2S. The highest BCUT2D eigenvalue weighted by Crippen LogP contribution is 2.33. The second-order valence-electron chi connectivity index (χ2n) is 8.36. The lowest BCUT2D eigenvalue weighted by molar-refractivity contribution is -0.121. The Morgan fingerprint density at radius 2 is 1.91 bits per heavy atom. The molecule has 1 aliphatic carbocycles. The summed E-state index contributed by atoms with van der Waals surface area (Å²) in [5.41, 5.74) is 2.29. The smallest absolute Gasteiger partial charge is 0.263 e. The van der Waals surface area contributed by atoms with E-state index >= 15 is 0 Å². The van der Waals surface area contributed by atoms with E-state index in [1.54, 1.807) is 15.9 Å². The van der Waals surface area contributed by atoms with Crippen molar-refractivity contribution in [3.8, 4) is 0 Å². The van der Waals surface area contributed by atoms with Crippen LogP contribution in [0, 0.1) is 0 Å². The van der Waals surface area contributed by atoms with Crippen LogP contribution >= 0.6 is 11.3 Å². The van der Waals surface area contributed by atoms with Gasteiger partial charge in [0.25, 0.3) is 5.56 Å². The first-order chi connectivity index (χ1) is 15.6. The first-order valence-corrected chi connectivity index (χ1v) is 12.5. The number of hydrogen-bond donors (Lipinski definition) is 1. The summed E-state index contributed by atoms with van der Waals surface area (Å²) in [4.78, 5) is 35.7. The molecule has 0 unspecified atom stereocenters. The molecule has 0 aliphatic heterocycles. The monoisotopic (exact) mass is 452 g/mol. The van der Waals surface area contributed by atoms with E-state index in [2.05, 4.69) is 36.2 Å². The minimum atomic E-state index is -0.144. The van der Waals surface area contributed by atoms with Gasteiger partial charge < -0.3 is 5.32 Å². The van der Waals surface area contributed by atoms with Crippen LogP contribution in [0.2, 0.25) is 0 Å². The second-order valence-corrected chi connectivity index (χ2v) is 9.44. The lowest BCUT2D eigenvalue weighted by Gasteiger charge is -2.20. The fraction of sp³-hybridized carbons (Fsp3) is 0.480. The molecule has 0 spiro atoms. The van der Waals surface area contributed by atoms with Crippen LogP contribution in [0.5, 0.6) is 0 Å². The highest BCUT2D eigenvalue weighted by atomic mass is 32.1. The summed E-state index contributed by atoms with van der Waals surface area (Å²) >= 11 is 1.67. The average Bonchev–Trinajstić information content (AvgIpc) is 3.19. The molecule has 0 fully saturated rings. The Kier molecular flexibility index (Phi) is 7.37. The van der Waals surface area contributed by atoms with E-state index < -0.39 is 0 Å². The van der Waals surface area contributed by atoms with Gasteiger partial charge in [-0.25, -0.2) is 4.98 Å². The van der Waals surface area contributed by atoms with Gasteiger partial charge in [0.2, 0.25) is 5.91 Å².